The summed E-state index contributed by atoms with van der Waals surface area (Å²) < 4.78 is 0. The molecule has 27 heavy (non-hydrogen) atoms. The maximum absolute atomic E-state index is 3.41. The summed E-state index contributed by atoms with van der Waals surface area (Å²) in [4.78, 5) is 0. The highest BCUT2D eigenvalue weighted by atomic mass is 14.5. The normalized spacial score (nSPS) is 15.4. The Morgan fingerprint density at radius 2 is 1.44 bits per heavy atom. The lowest BCUT2D eigenvalue weighted by Crippen LogP contribution is -2.28. The summed E-state index contributed by atoms with van der Waals surface area (Å²) in [6, 6.07) is 20.1. The predicted octanol–water partition coefficient (Wildman–Crippen LogP) is 8.13. The molecule has 0 N–H and O–H groups in total. The number of unbranched alkanes of at least 4 members (excludes halogenated alkanes) is 4. The third-order valence-corrected chi connectivity index (χ3v) is 6.69. The van der Waals surface area contributed by atoms with Gasteiger partial charge in [0.15, 0.2) is 0 Å². The fraction of sp³-hybridized carbons (Fsp3) is 0.556. The number of hydrogen-bond donors (Lipinski definition) is 0. The number of hydrogen-bond acceptors (Lipinski definition) is 0. The first-order valence-electron chi connectivity index (χ1n) is 11.3. The van der Waals surface area contributed by atoms with Crippen LogP contribution in [0.25, 0.3) is 11.1 Å². The number of fused-ring (bicyclic) bond motifs is 3. The van der Waals surface area contributed by atoms with E-state index in [2.05, 4.69) is 69.3 Å². The Bertz CT molecular complexity index is 666. The maximum Gasteiger partial charge on any atom is 0.0218 e. The third kappa shape index (κ3) is 4.15. The van der Waals surface area contributed by atoms with Crippen LogP contribution in [-0.2, 0) is 5.41 Å². The van der Waals surface area contributed by atoms with Gasteiger partial charge >= 0.3 is 0 Å². The van der Waals surface area contributed by atoms with Gasteiger partial charge < -0.3 is 0 Å². The second kappa shape index (κ2) is 9.58. The molecule has 2 radical (unpaired) electrons. The van der Waals surface area contributed by atoms with Crippen LogP contribution >= 0.6 is 0 Å². The Hall–Kier alpha value is -1.56. The molecule has 0 saturated carbocycles. The Labute approximate surface area is 167 Å². The van der Waals surface area contributed by atoms with Crippen molar-refractivity contribution in [1.29, 1.82) is 0 Å². The highest BCUT2D eigenvalue weighted by Gasteiger charge is 2.43. The lowest BCUT2D eigenvalue weighted by Gasteiger charge is -2.36. The van der Waals surface area contributed by atoms with Gasteiger partial charge in [-0.05, 0) is 65.3 Å². The van der Waals surface area contributed by atoms with Crippen molar-refractivity contribution in [2.75, 3.05) is 0 Å². The van der Waals surface area contributed by atoms with E-state index < -0.39 is 0 Å². The molecule has 0 aliphatic heterocycles. The molecule has 0 nitrogen and oxygen atoms in total. The minimum atomic E-state index is 0.169. The van der Waals surface area contributed by atoms with Crippen LogP contribution < -0.4 is 0 Å². The highest BCUT2D eigenvalue weighted by molar-refractivity contribution is 5.80. The fourth-order valence-corrected chi connectivity index (χ4v) is 5.15. The molecule has 1 aliphatic carbocycles. The lowest BCUT2D eigenvalue weighted by atomic mass is 9.67. The molecule has 3 rings (SSSR count). The van der Waals surface area contributed by atoms with Crippen LogP contribution in [0.1, 0.15) is 96.1 Å². The van der Waals surface area contributed by atoms with E-state index in [4.69, 9.17) is 0 Å². The zero-order valence-electron chi connectivity index (χ0n) is 17.6. The average molecular weight is 361 g/mol. The van der Waals surface area contributed by atoms with Gasteiger partial charge in [-0.2, -0.15) is 0 Å². The summed E-state index contributed by atoms with van der Waals surface area (Å²) in [5.74, 6) is 0.801. The fourth-order valence-electron chi connectivity index (χ4n) is 5.15. The summed E-state index contributed by atoms with van der Waals surface area (Å²) in [6.07, 6.45) is 13.2. The summed E-state index contributed by atoms with van der Waals surface area (Å²) >= 11 is 0. The minimum Gasteiger partial charge on any atom is -0.0654 e. The SMILES string of the molecule is CCCCCCC1(CC(CC)CCCC)c2c[c]ccc2-c2cc[c]cc21. The maximum atomic E-state index is 3.41. The van der Waals surface area contributed by atoms with Gasteiger partial charge in [-0.3, -0.25) is 0 Å². The minimum absolute atomic E-state index is 0.169. The van der Waals surface area contributed by atoms with Crippen molar-refractivity contribution in [3.05, 3.63) is 59.7 Å². The van der Waals surface area contributed by atoms with E-state index in [1.807, 2.05) is 0 Å². The molecule has 0 saturated heterocycles. The predicted molar refractivity (Wildman–Crippen MR) is 117 cm³/mol. The van der Waals surface area contributed by atoms with Gasteiger partial charge in [-0.25, -0.2) is 0 Å². The monoisotopic (exact) mass is 360 g/mol. The second-order valence-corrected chi connectivity index (χ2v) is 8.46. The first kappa shape index (κ1) is 20.2. The van der Waals surface area contributed by atoms with Crippen molar-refractivity contribution in [1.82, 2.24) is 0 Å². The van der Waals surface area contributed by atoms with Crippen molar-refractivity contribution in [3.63, 3.8) is 0 Å². The van der Waals surface area contributed by atoms with Crippen LogP contribution in [0.2, 0.25) is 0 Å². The van der Waals surface area contributed by atoms with E-state index in [9.17, 15) is 0 Å². The standard InChI is InChI=1S/C27H36/c1-4-7-9-14-20-27(21-22(6-3)15-8-5-2)25-18-12-10-16-23(25)24-17-11-13-19-26(24)27/h10-11,16-19,22H,4-9,14-15,20-21H2,1-3H3. The van der Waals surface area contributed by atoms with Crippen LogP contribution in [0.15, 0.2) is 36.4 Å². The largest absolute Gasteiger partial charge is 0.0654 e. The molecule has 0 fully saturated rings. The zero-order chi connectivity index (χ0) is 19.1. The molecule has 0 aromatic heterocycles. The molecule has 0 heteroatoms. The van der Waals surface area contributed by atoms with Gasteiger partial charge in [0.25, 0.3) is 0 Å². The van der Waals surface area contributed by atoms with E-state index in [0.717, 1.165) is 5.92 Å². The molecule has 1 atom stereocenters. The molecular formula is C27H36. The van der Waals surface area contributed by atoms with Crippen LogP contribution in [0.5, 0.6) is 0 Å². The van der Waals surface area contributed by atoms with Crippen molar-refractivity contribution < 1.29 is 0 Å². The summed E-state index contributed by atoms with van der Waals surface area (Å²) in [6.45, 7) is 7.01. The number of benzene rings is 2. The van der Waals surface area contributed by atoms with Gasteiger partial charge in [-0.1, -0.05) is 96.4 Å². The topological polar surface area (TPSA) is 0 Å². The quantitative estimate of drug-likeness (QED) is 0.355. The number of rotatable bonds is 11. The van der Waals surface area contributed by atoms with Crippen LogP contribution in [0.3, 0.4) is 0 Å². The van der Waals surface area contributed by atoms with E-state index >= 15 is 0 Å². The van der Waals surface area contributed by atoms with Gasteiger partial charge in [0.2, 0.25) is 0 Å². The molecule has 2 aromatic carbocycles. The molecule has 2 aromatic rings. The van der Waals surface area contributed by atoms with Gasteiger partial charge in [0.05, 0.1) is 0 Å². The molecule has 0 amide bonds. The van der Waals surface area contributed by atoms with Crippen molar-refractivity contribution in [3.8, 4) is 11.1 Å². The van der Waals surface area contributed by atoms with E-state index in [0.29, 0.717) is 0 Å². The van der Waals surface area contributed by atoms with E-state index in [1.165, 1.54) is 86.5 Å². The van der Waals surface area contributed by atoms with E-state index in [1.54, 1.807) is 0 Å². The molecule has 0 spiro atoms. The molecule has 1 aliphatic rings. The molecule has 144 valence electrons. The van der Waals surface area contributed by atoms with Crippen molar-refractivity contribution in [2.24, 2.45) is 5.92 Å². The average Bonchev–Trinajstić information content (AvgIpc) is 2.99. The zero-order valence-corrected chi connectivity index (χ0v) is 17.6. The second-order valence-electron chi connectivity index (χ2n) is 8.46. The van der Waals surface area contributed by atoms with E-state index in [-0.39, 0.29) is 5.41 Å². The lowest BCUT2D eigenvalue weighted by molar-refractivity contribution is 0.311. The molecule has 1 unspecified atom stereocenters. The van der Waals surface area contributed by atoms with Gasteiger partial charge in [-0.15, -0.1) is 0 Å². The smallest absolute Gasteiger partial charge is 0.0218 e. The Kier molecular flexibility index (Phi) is 7.16. The Balaban J connectivity index is 2.00. The molecule has 0 heterocycles. The van der Waals surface area contributed by atoms with Crippen LogP contribution in [-0.4, -0.2) is 0 Å². The van der Waals surface area contributed by atoms with Gasteiger partial charge in [0, 0.05) is 5.41 Å². The van der Waals surface area contributed by atoms with Gasteiger partial charge in [0.1, 0.15) is 0 Å². The van der Waals surface area contributed by atoms with Crippen LogP contribution in [0, 0.1) is 18.1 Å². The first-order valence-corrected chi connectivity index (χ1v) is 11.3. The summed E-state index contributed by atoms with van der Waals surface area (Å²) in [7, 11) is 0. The van der Waals surface area contributed by atoms with Crippen molar-refractivity contribution in [2.45, 2.75) is 90.4 Å². The Morgan fingerprint density at radius 3 is 2.00 bits per heavy atom. The third-order valence-electron chi connectivity index (χ3n) is 6.69. The first-order chi connectivity index (χ1) is 13.3. The van der Waals surface area contributed by atoms with Crippen LogP contribution in [0.4, 0.5) is 0 Å². The highest BCUT2D eigenvalue weighted by Crippen LogP contribution is 2.54. The van der Waals surface area contributed by atoms with Crippen molar-refractivity contribution >= 4 is 0 Å². The summed E-state index contributed by atoms with van der Waals surface area (Å²) in [5.41, 5.74) is 6.12. The Morgan fingerprint density at radius 1 is 0.815 bits per heavy atom. The summed E-state index contributed by atoms with van der Waals surface area (Å²) in [5, 5.41) is 0. The molecular weight excluding hydrogens is 324 g/mol. The molecule has 0 bridgehead atoms.